The number of halogens is 1. The molecular weight excluding hydrogens is 280 g/mol. The Kier molecular flexibility index (Phi) is 3.27. The molecule has 0 aliphatic carbocycles. The summed E-state index contributed by atoms with van der Waals surface area (Å²) in [7, 11) is 0. The zero-order valence-electron chi connectivity index (χ0n) is 9.75. The van der Waals surface area contributed by atoms with Crippen LogP contribution in [-0.2, 0) is 0 Å². The van der Waals surface area contributed by atoms with Crippen LogP contribution in [0.5, 0.6) is 5.75 Å². The monoisotopic (exact) mass is 288 g/mol. The molecule has 0 fully saturated rings. The first-order valence-electron chi connectivity index (χ1n) is 5.61. The molecule has 0 spiro atoms. The van der Waals surface area contributed by atoms with Crippen molar-refractivity contribution in [2.24, 2.45) is 0 Å². The molecule has 94 valence electrons. The van der Waals surface area contributed by atoms with Crippen molar-refractivity contribution < 1.29 is 5.11 Å². The van der Waals surface area contributed by atoms with Gasteiger partial charge in [0.2, 0.25) is 0 Å². The summed E-state index contributed by atoms with van der Waals surface area (Å²) < 4.78 is 0. The summed E-state index contributed by atoms with van der Waals surface area (Å²) in [6.07, 6.45) is 1.73. The van der Waals surface area contributed by atoms with E-state index in [4.69, 9.17) is 11.6 Å². The van der Waals surface area contributed by atoms with E-state index in [9.17, 15) is 5.11 Å². The Hall–Kier alpha value is -1.78. The Balaban J connectivity index is 2.05. The number of aromatic nitrogens is 2. The zero-order valence-corrected chi connectivity index (χ0v) is 11.3. The van der Waals surface area contributed by atoms with Crippen molar-refractivity contribution in [2.45, 2.75) is 10.1 Å². The van der Waals surface area contributed by atoms with E-state index in [0.717, 1.165) is 15.4 Å². The lowest BCUT2D eigenvalue weighted by molar-refractivity contribution is 0.480. The normalized spacial score (nSPS) is 10.8. The SMILES string of the molecule is Oc1ccc(Cl)c2ccc(Sc3ccccn3)nc12. The summed E-state index contributed by atoms with van der Waals surface area (Å²) in [4.78, 5) is 8.65. The second-order valence-corrected chi connectivity index (χ2v) is 5.33. The molecule has 0 unspecified atom stereocenters. The summed E-state index contributed by atoms with van der Waals surface area (Å²) in [5, 5.41) is 12.8. The molecule has 0 amide bonds. The fraction of sp³-hybridized carbons (Fsp3) is 0. The van der Waals surface area contributed by atoms with Gasteiger partial charge >= 0.3 is 0 Å². The van der Waals surface area contributed by atoms with Gasteiger partial charge in [-0.25, -0.2) is 9.97 Å². The quantitative estimate of drug-likeness (QED) is 0.770. The van der Waals surface area contributed by atoms with Crippen molar-refractivity contribution >= 4 is 34.3 Å². The number of rotatable bonds is 2. The number of benzene rings is 1. The van der Waals surface area contributed by atoms with E-state index in [0.29, 0.717) is 10.5 Å². The van der Waals surface area contributed by atoms with E-state index in [-0.39, 0.29) is 5.75 Å². The lowest BCUT2D eigenvalue weighted by Gasteiger charge is -2.05. The lowest BCUT2D eigenvalue weighted by atomic mass is 10.2. The largest absolute Gasteiger partial charge is 0.506 e. The van der Waals surface area contributed by atoms with Gasteiger partial charge in [0, 0.05) is 11.6 Å². The van der Waals surface area contributed by atoms with E-state index in [2.05, 4.69) is 9.97 Å². The third kappa shape index (κ3) is 2.50. The van der Waals surface area contributed by atoms with Crippen molar-refractivity contribution in [3.63, 3.8) is 0 Å². The molecule has 0 bridgehead atoms. The first-order valence-corrected chi connectivity index (χ1v) is 6.80. The molecule has 2 heterocycles. The molecular formula is C14H9ClN2OS. The van der Waals surface area contributed by atoms with Gasteiger partial charge in [-0.2, -0.15) is 0 Å². The highest BCUT2D eigenvalue weighted by Crippen LogP contribution is 2.32. The van der Waals surface area contributed by atoms with Crippen molar-refractivity contribution in [1.29, 1.82) is 0 Å². The predicted octanol–water partition coefficient (Wildman–Crippen LogP) is 4.14. The highest BCUT2D eigenvalue weighted by molar-refractivity contribution is 7.99. The maximum atomic E-state index is 9.84. The number of nitrogens with zero attached hydrogens (tertiary/aromatic N) is 2. The van der Waals surface area contributed by atoms with E-state index >= 15 is 0 Å². The number of pyridine rings is 2. The van der Waals surface area contributed by atoms with E-state index in [1.54, 1.807) is 18.3 Å². The number of hydrogen-bond acceptors (Lipinski definition) is 4. The summed E-state index contributed by atoms with van der Waals surface area (Å²) >= 11 is 7.51. The molecule has 5 heteroatoms. The Bertz CT molecular complexity index is 734. The van der Waals surface area contributed by atoms with Crippen LogP contribution < -0.4 is 0 Å². The number of phenols is 1. The van der Waals surface area contributed by atoms with Crippen LogP contribution >= 0.6 is 23.4 Å². The van der Waals surface area contributed by atoms with Crippen molar-refractivity contribution in [3.8, 4) is 5.75 Å². The first kappa shape index (κ1) is 12.3. The highest BCUT2D eigenvalue weighted by Gasteiger charge is 2.07. The van der Waals surface area contributed by atoms with Gasteiger partial charge in [-0.1, -0.05) is 29.4 Å². The summed E-state index contributed by atoms with van der Waals surface area (Å²) in [5.41, 5.74) is 0.508. The van der Waals surface area contributed by atoms with Gasteiger partial charge in [0.1, 0.15) is 21.3 Å². The predicted molar refractivity (Wildman–Crippen MR) is 76.8 cm³/mol. The van der Waals surface area contributed by atoms with Crippen LogP contribution in [0.3, 0.4) is 0 Å². The summed E-state index contributed by atoms with van der Waals surface area (Å²) in [6.45, 7) is 0. The minimum atomic E-state index is 0.128. The molecule has 0 radical (unpaired) electrons. The van der Waals surface area contributed by atoms with Crippen LogP contribution in [0.15, 0.2) is 58.7 Å². The Morgan fingerprint density at radius 1 is 1.00 bits per heavy atom. The van der Waals surface area contributed by atoms with E-state index < -0.39 is 0 Å². The van der Waals surface area contributed by atoms with Crippen LogP contribution in [-0.4, -0.2) is 15.1 Å². The van der Waals surface area contributed by atoms with E-state index in [1.807, 2.05) is 30.3 Å². The molecule has 1 aromatic carbocycles. The maximum Gasteiger partial charge on any atom is 0.141 e. The molecule has 0 atom stereocenters. The average molecular weight is 289 g/mol. The first-order chi connectivity index (χ1) is 9.24. The van der Waals surface area contributed by atoms with Gasteiger partial charge in [0.15, 0.2) is 0 Å². The molecule has 3 rings (SSSR count). The number of phenolic OH excluding ortho intramolecular Hbond substituents is 1. The molecule has 1 N–H and O–H groups in total. The molecule has 0 aliphatic heterocycles. The van der Waals surface area contributed by atoms with Gasteiger partial charge in [-0.05, 0) is 36.4 Å². The Morgan fingerprint density at radius 3 is 2.68 bits per heavy atom. The van der Waals surface area contributed by atoms with Crippen LogP contribution in [0.4, 0.5) is 0 Å². The zero-order chi connectivity index (χ0) is 13.2. The summed E-state index contributed by atoms with van der Waals surface area (Å²) in [5.74, 6) is 0.128. The van der Waals surface area contributed by atoms with Crippen molar-refractivity contribution in [2.75, 3.05) is 0 Å². The summed E-state index contributed by atoms with van der Waals surface area (Å²) in [6, 6.07) is 12.6. The Labute approximate surface area is 119 Å². The van der Waals surface area contributed by atoms with Crippen LogP contribution in [0, 0.1) is 0 Å². The standard InChI is InChI=1S/C14H9ClN2OS/c15-10-5-6-11(18)14-9(10)4-7-13(17-14)19-12-3-1-2-8-16-12/h1-8,18H. The van der Waals surface area contributed by atoms with Gasteiger partial charge in [-0.15, -0.1) is 0 Å². The van der Waals surface area contributed by atoms with Crippen LogP contribution in [0.1, 0.15) is 0 Å². The smallest absolute Gasteiger partial charge is 0.141 e. The molecule has 3 nitrogen and oxygen atoms in total. The third-order valence-electron chi connectivity index (χ3n) is 2.60. The fourth-order valence-electron chi connectivity index (χ4n) is 1.72. The molecule has 19 heavy (non-hydrogen) atoms. The average Bonchev–Trinajstić information content (AvgIpc) is 2.44. The maximum absolute atomic E-state index is 9.84. The second kappa shape index (κ2) is 5.07. The molecule has 3 aromatic rings. The van der Waals surface area contributed by atoms with Gasteiger partial charge in [0.25, 0.3) is 0 Å². The van der Waals surface area contributed by atoms with Gasteiger partial charge in [-0.3, -0.25) is 0 Å². The molecule has 2 aromatic heterocycles. The van der Waals surface area contributed by atoms with Gasteiger partial charge < -0.3 is 5.11 Å². The minimum Gasteiger partial charge on any atom is -0.506 e. The number of aromatic hydroxyl groups is 1. The van der Waals surface area contributed by atoms with Crippen molar-refractivity contribution in [3.05, 3.63) is 53.7 Å². The van der Waals surface area contributed by atoms with Crippen LogP contribution in [0.25, 0.3) is 10.9 Å². The third-order valence-corrected chi connectivity index (χ3v) is 3.82. The highest BCUT2D eigenvalue weighted by atomic mass is 35.5. The molecule has 0 aliphatic rings. The number of fused-ring (bicyclic) bond motifs is 1. The van der Waals surface area contributed by atoms with E-state index in [1.165, 1.54) is 11.8 Å². The number of hydrogen-bond donors (Lipinski definition) is 1. The lowest BCUT2D eigenvalue weighted by Crippen LogP contribution is -1.85. The Morgan fingerprint density at radius 2 is 1.89 bits per heavy atom. The second-order valence-electron chi connectivity index (χ2n) is 3.88. The topological polar surface area (TPSA) is 46.0 Å². The molecule has 0 saturated carbocycles. The minimum absolute atomic E-state index is 0.128. The van der Waals surface area contributed by atoms with Gasteiger partial charge in [0.05, 0.1) is 5.02 Å². The van der Waals surface area contributed by atoms with Crippen molar-refractivity contribution in [1.82, 2.24) is 9.97 Å². The van der Waals surface area contributed by atoms with Crippen LogP contribution in [0.2, 0.25) is 5.02 Å². The molecule has 0 saturated heterocycles. The fourth-order valence-corrected chi connectivity index (χ4v) is 2.68.